The van der Waals surface area contributed by atoms with E-state index in [0.29, 0.717) is 12.5 Å². The molecule has 2 rings (SSSR count). The van der Waals surface area contributed by atoms with Gasteiger partial charge in [0.15, 0.2) is 0 Å². The van der Waals surface area contributed by atoms with Crippen molar-refractivity contribution >= 4 is 5.97 Å². The van der Waals surface area contributed by atoms with Gasteiger partial charge in [0, 0.05) is 20.2 Å². The molecule has 0 amide bonds. The summed E-state index contributed by atoms with van der Waals surface area (Å²) in [6.07, 6.45) is 4.39. The summed E-state index contributed by atoms with van der Waals surface area (Å²) < 4.78 is 5.23. The number of hydrogen-bond acceptors (Lipinski definition) is 4. The van der Waals surface area contributed by atoms with Crippen molar-refractivity contribution in [1.29, 1.82) is 0 Å². The molecule has 0 radical (unpaired) electrons. The fraction of sp³-hybridized carbons (Fsp3) is 0.929. The summed E-state index contributed by atoms with van der Waals surface area (Å²) in [6, 6.07) is 0. The molecule has 1 saturated heterocycles. The zero-order valence-electron chi connectivity index (χ0n) is 12.0. The number of likely N-dealkylation sites (N-methyl/N-ethyl adjacent to an activating group) is 1. The lowest BCUT2D eigenvalue weighted by Gasteiger charge is -2.39. The number of carbonyl (C=O) groups is 1. The van der Waals surface area contributed by atoms with Gasteiger partial charge in [-0.15, -0.1) is 0 Å². The lowest BCUT2D eigenvalue weighted by Crippen LogP contribution is -2.60. The molecule has 0 aromatic carbocycles. The van der Waals surface area contributed by atoms with E-state index in [-0.39, 0.29) is 5.92 Å². The van der Waals surface area contributed by atoms with Crippen LogP contribution in [0.2, 0.25) is 0 Å². The maximum Gasteiger partial charge on any atom is 0.325 e. The number of nitrogens with one attached hydrogen (secondary N) is 1. The van der Waals surface area contributed by atoms with Crippen LogP contribution in [0.3, 0.4) is 0 Å². The summed E-state index contributed by atoms with van der Waals surface area (Å²) in [5.74, 6) is 0.130. The summed E-state index contributed by atoms with van der Waals surface area (Å²) in [5, 5.41) is 12.7. The Morgan fingerprint density at radius 3 is 2.74 bits per heavy atom. The Labute approximate surface area is 115 Å². The molecule has 0 bridgehead atoms. The maximum absolute atomic E-state index is 11.7. The molecule has 1 aliphatic heterocycles. The number of piperidine rings is 1. The van der Waals surface area contributed by atoms with E-state index in [1.165, 1.54) is 6.42 Å². The van der Waals surface area contributed by atoms with E-state index < -0.39 is 11.5 Å². The van der Waals surface area contributed by atoms with Gasteiger partial charge in [-0.1, -0.05) is 0 Å². The zero-order chi connectivity index (χ0) is 13.9. The molecule has 2 atom stereocenters. The van der Waals surface area contributed by atoms with E-state index in [2.05, 4.69) is 10.2 Å². The number of carboxylic acid groups (broad SMARTS) is 1. The summed E-state index contributed by atoms with van der Waals surface area (Å²) >= 11 is 0. The Kier molecular flexibility index (Phi) is 4.81. The minimum absolute atomic E-state index is 0.290. The van der Waals surface area contributed by atoms with E-state index in [4.69, 9.17) is 4.74 Å². The van der Waals surface area contributed by atoms with Crippen molar-refractivity contribution in [2.75, 3.05) is 40.4 Å². The lowest BCUT2D eigenvalue weighted by atomic mass is 9.90. The molecule has 2 unspecified atom stereocenters. The van der Waals surface area contributed by atoms with Crippen LogP contribution in [0.15, 0.2) is 0 Å². The molecule has 5 nitrogen and oxygen atoms in total. The first kappa shape index (κ1) is 14.8. The fourth-order valence-corrected chi connectivity index (χ4v) is 3.36. The first-order valence-electron chi connectivity index (χ1n) is 7.26. The van der Waals surface area contributed by atoms with Crippen LogP contribution in [-0.4, -0.2) is 61.9 Å². The standard InChI is InChI=1S/C14H26N2O3/c1-15-14(13(17)18,12-5-6-12)10-16-7-3-4-11(8-16)9-19-2/h11-12,15H,3-10H2,1-2H3,(H,17,18). The Hall–Kier alpha value is -0.650. The molecule has 2 fully saturated rings. The molecular weight excluding hydrogens is 244 g/mol. The summed E-state index contributed by atoms with van der Waals surface area (Å²) in [7, 11) is 3.52. The molecule has 2 N–H and O–H groups in total. The van der Waals surface area contributed by atoms with Crippen molar-refractivity contribution in [2.24, 2.45) is 11.8 Å². The number of nitrogens with zero attached hydrogens (tertiary/aromatic N) is 1. The van der Waals surface area contributed by atoms with Gasteiger partial charge in [-0.25, -0.2) is 0 Å². The predicted octanol–water partition coefficient (Wildman–Crippen LogP) is 0.798. The smallest absolute Gasteiger partial charge is 0.325 e. The van der Waals surface area contributed by atoms with Gasteiger partial charge in [-0.3, -0.25) is 4.79 Å². The van der Waals surface area contributed by atoms with Crippen molar-refractivity contribution < 1.29 is 14.6 Å². The van der Waals surface area contributed by atoms with Crippen LogP contribution in [0, 0.1) is 11.8 Å². The van der Waals surface area contributed by atoms with Gasteiger partial charge >= 0.3 is 5.97 Å². The highest BCUT2D eigenvalue weighted by Gasteiger charge is 2.51. The van der Waals surface area contributed by atoms with Crippen LogP contribution in [0.1, 0.15) is 25.7 Å². The highest BCUT2D eigenvalue weighted by atomic mass is 16.5. The molecule has 1 heterocycles. The Bertz CT molecular complexity index is 318. The van der Waals surface area contributed by atoms with Crippen LogP contribution in [0.25, 0.3) is 0 Å². The first-order valence-corrected chi connectivity index (χ1v) is 7.26. The quantitative estimate of drug-likeness (QED) is 0.716. The summed E-state index contributed by atoms with van der Waals surface area (Å²) in [5.41, 5.74) is -0.755. The van der Waals surface area contributed by atoms with Crippen LogP contribution in [0.4, 0.5) is 0 Å². The minimum atomic E-state index is -0.755. The number of carboxylic acids is 1. The molecule has 0 aromatic rings. The molecule has 5 heteroatoms. The molecule has 2 aliphatic rings. The van der Waals surface area contributed by atoms with Gasteiger partial charge in [-0.2, -0.15) is 0 Å². The average molecular weight is 270 g/mol. The number of methoxy groups -OCH3 is 1. The fourth-order valence-electron chi connectivity index (χ4n) is 3.36. The van der Waals surface area contributed by atoms with E-state index in [1.807, 2.05) is 0 Å². The predicted molar refractivity (Wildman–Crippen MR) is 73.2 cm³/mol. The van der Waals surface area contributed by atoms with Crippen LogP contribution in [0.5, 0.6) is 0 Å². The van der Waals surface area contributed by atoms with Crippen molar-refractivity contribution in [3.63, 3.8) is 0 Å². The topological polar surface area (TPSA) is 61.8 Å². The Morgan fingerprint density at radius 1 is 1.47 bits per heavy atom. The first-order chi connectivity index (χ1) is 9.12. The van der Waals surface area contributed by atoms with Gasteiger partial charge in [0.1, 0.15) is 5.54 Å². The van der Waals surface area contributed by atoms with Crippen molar-refractivity contribution in [1.82, 2.24) is 10.2 Å². The molecule has 0 aromatic heterocycles. The van der Waals surface area contributed by atoms with Crippen LogP contribution >= 0.6 is 0 Å². The molecular formula is C14H26N2O3. The van der Waals surface area contributed by atoms with Gasteiger partial charge in [0.05, 0.1) is 6.61 Å². The minimum Gasteiger partial charge on any atom is -0.480 e. The van der Waals surface area contributed by atoms with Crippen molar-refractivity contribution in [3.8, 4) is 0 Å². The van der Waals surface area contributed by atoms with Crippen LogP contribution in [-0.2, 0) is 9.53 Å². The van der Waals surface area contributed by atoms with Gasteiger partial charge < -0.3 is 20.1 Å². The van der Waals surface area contributed by atoms with Crippen molar-refractivity contribution in [3.05, 3.63) is 0 Å². The largest absolute Gasteiger partial charge is 0.480 e. The second kappa shape index (κ2) is 6.20. The van der Waals surface area contributed by atoms with Crippen molar-refractivity contribution in [2.45, 2.75) is 31.2 Å². The lowest BCUT2D eigenvalue weighted by molar-refractivity contribution is -0.147. The molecule has 19 heavy (non-hydrogen) atoms. The number of likely N-dealkylation sites (tertiary alicyclic amines) is 1. The van der Waals surface area contributed by atoms with E-state index in [1.54, 1.807) is 14.2 Å². The monoisotopic (exact) mass is 270 g/mol. The van der Waals surface area contributed by atoms with Gasteiger partial charge in [-0.05, 0) is 51.1 Å². The van der Waals surface area contributed by atoms with Gasteiger partial charge in [0.2, 0.25) is 0 Å². The molecule has 1 aliphatic carbocycles. The molecule has 1 saturated carbocycles. The SMILES string of the molecule is CNC(CN1CCCC(COC)C1)(C(=O)O)C1CC1. The normalized spacial score (nSPS) is 28.0. The maximum atomic E-state index is 11.7. The van der Waals surface area contributed by atoms with E-state index in [0.717, 1.165) is 39.0 Å². The number of ether oxygens (including phenoxy) is 1. The molecule has 0 spiro atoms. The number of hydrogen-bond donors (Lipinski definition) is 2. The Morgan fingerprint density at radius 2 is 2.21 bits per heavy atom. The third kappa shape index (κ3) is 3.27. The number of aliphatic carboxylic acids is 1. The van der Waals surface area contributed by atoms with E-state index >= 15 is 0 Å². The Balaban J connectivity index is 1.98. The molecule has 110 valence electrons. The third-order valence-electron chi connectivity index (χ3n) is 4.58. The third-order valence-corrected chi connectivity index (χ3v) is 4.58. The second-order valence-corrected chi connectivity index (χ2v) is 6.00. The van der Waals surface area contributed by atoms with Gasteiger partial charge in [0.25, 0.3) is 0 Å². The summed E-state index contributed by atoms with van der Waals surface area (Å²) in [6.45, 7) is 3.35. The second-order valence-electron chi connectivity index (χ2n) is 6.00. The van der Waals surface area contributed by atoms with Crippen LogP contribution < -0.4 is 5.32 Å². The highest BCUT2D eigenvalue weighted by molar-refractivity contribution is 5.80. The van der Waals surface area contributed by atoms with E-state index in [9.17, 15) is 9.90 Å². The summed E-state index contributed by atoms with van der Waals surface area (Å²) in [4.78, 5) is 14.0. The highest BCUT2D eigenvalue weighted by Crippen LogP contribution is 2.40. The number of rotatable bonds is 7. The average Bonchev–Trinajstić information content (AvgIpc) is 3.21. The zero-order valence-corrected chi connectivity index (χ0v) is 12.0.